The van der Waals surface area contributed by atoms with Gasteiger partial charge in [-0.3, -0.25) is 0 Å². The van der Waals surface area contributed by atoms with Crippen molar-refractivity contribution in [3.05, 3.63) is 35.1 Å². The van der Waals surface area contributed by atoms with E-state index in [2.05, 4.69) is 10.2 Å². The highest BCUT2D eigenvalue weighted by Gasteiger charge is 2.09. The van der Waals surface area contributed by atoms with Gasteiger partial charge in [-0.05, 0) is 31.2 Å². The molecular formula is C11H13ClN4. The van der Waals surface area contributed by atoms with Gasteiger partial charge in [0.25, 0.3) is 0 Å². The van der Waals surface area contributed by atoms with E-state index in [1.54, 1.807) is 0 Å². The predicted octanol–water partition coefficient (Wildman–Crippen LogP) is 1.87. The molecule has 84 valence electrons. The topological polar surface area (TPSA) is 56.7 Å². The molecule has 16 heavy (non-hydrogen) atoms. The van der Waals surface area contributed by atoms with Gasteiger partial charge in [-0.1, -0.05) is 11.6 Å². The van der Waals surface area contributed by atoms with E-state index in [4.69, 9.17) is 17.3 Å². The molecule has 0 saturated carbocycles. The number of nitrogens with zero attached hydrogens (tertiary/aromatic N) is 3. The second-order valence-corrected chi connectivity index (χ2v) is 3.95. The van der Waals surface area contributed by atoms with Crippen LogP contribution in [-0.2, 0) is 6.54 Å². The average Bonchev–Trinajstić information content (AvgIpc) is 2.63. The molecule has 0 aliphatic carbocycles. The maximum atomic E-state index is 5.84. The number of halogens is 1. The summed E-state index contributed by atoms with van der Waals surface area (Å²) in [6, 6.07) is 7.54. The molecule has 0 aliphatic rings. The summed E-state index contributed by atoms with van der Waals surface area (Å²) in [6.45, 7) is 3.21. The minimum atomic E-state index is 0.569. The second-order valence-electron chi connectivity index (χ2n) is 3.52. The molecule has 0 aliphatic heterocycles. The highest BCUT2D eigenvalue weighted by molar-refractivity contribution is 6.30. The number of rotatable bonds is 3. The summed E-state index contributed by atoms with van der Waals surface area (Å²) < 4.78 is 2.00. The van der Waals surface area contributed by atoms with E-state index < -0.39 is 0 Å². The first-order chi connectivity index (χ1) is 7.72. The average molecular weight is 237 g/mol. The lowest BCUT2D eigenvalue weighted by Crippen LogP contribution is -2.12. The number of aryl methyl sites for hydroxylation is 1. The van der Waals surface area contributed by atoms with Gasteiger partial charge >= 0.3 is 0 Å². The SMILES string of the molecule is Cc1nnc(-c2ccc(Cl)cc2)n1CCN. The van der Waals surface area contributed by atoms with Gasteiger partial charge < -0.3 is 10.3 Å². The first-order valence-electron chi connectivity index (χ1n) is 5.08. The number of hydrogen-bond donors (Lipinski definition) is 1. The van der Waals surface area contributed by atoms with Crippen LogP contribution in [0.4, 0.5) is 0 Å². The Morgan fingerprint density at radius 1 is 1.25 bits per heavy atom. The number of aromatic nitrogens is 3. The Hall–Kier alpha value is -1.39. The van der Waals surface area contributed by atoms with E-state index in [0.717, 1.165) is 23.8 Å². The van der Waals surface area contributed by atoms with Crippen molar-refractivity contribution in [1.29, 1.82) is 0 Å². The Morgan fingerprint density at radius 3 is 2.56 bits per heavy atom. The van der Waals surface area contributed by atoms with Crippen LogP contribution in [0, 0.1) is 6.92 Å². The number of nitrogens with two attached hydrogens (primary N) is 1. The van der Waals surface area contributed by atoms with E-state index in [1.807, 2.05) is 35.8 Å². The Kier molecular flexibility index (Phi) is 3.22. The second kappa shape index (κ2) is 4.63. The summed E-state index contributed by atoms with van der Waals surface area (Å²) in [5, 5.41) is 8.92. The normalized spacial score (nSPS) is 10.7. The molecule has 2 N–H and O–H groups in total. The van der Waals surface area contributed by atoms with Gasteiger partial charge in [0, 0.05) is 23.7 Å². The van der Waals surface area contributed by atoms with Crippen LogP contribution in [0.2, 0.25) is 5.02 Å². The summed E-state index contributed by atoms with van der Waals surface area (Å²) in [7, 11) is 0. The van der Waals surface area contributed by atoms with E-state index in [1.165, 1.54) is 0 Å². The summed E-state index contributed by atoms with van der Waals surface area (Å²) >= 11 is 5.84. The Balaban J connectivity index is 2.43. The number of benzene rings is 1. The van der Waals surface area contributed by atoms with Gasteiger partial charge in [-0.2, -0.15) is 0 Å². The van der Waals surface area contributed by atoms with Crippen molar-refractivity contribution >= 4 is 11.6 Å². The minimum Gasteiger partial charge on any atom is -0.329 e. The van der Waals surface area contributed by atoms with Gasteiger partial charge in [0.05, 0.1) is 0 Å². The Morgan fingerprint density at radius 2 is 1.94 bits per heavy atom. The summed E-state index contributed by atoms with van der Waals surface area (Å²) in [5.74, 6) is 1.70. The van der Waals surface area contributed by atoms with Crippen LogP contribution in [0.1, 0.15) is 5.82 Å². The fraction of sp³-hybridized carbons (Fsp3) is 0.273. The van der Waals surface area contributed by atoms with Gasteiger partial charge in [-0.15, -0.1) is 10.2 Å². The van der Waals surface area contributed by atoms with Crippen LogP contribution in [0.25, 0.3) is 11.4 Å². The fourth-order valence-corrected chi connectivity index (χ4v) is 1.72. The Labute approximate surface area is 99.1 Å². The maximum Gasteiger partial charge on any atom is 0.163 e. The fourth-order valence-electron chi connectivity index (χ4n) is 1.59. The van der Waals surface area contributed by atoms with E-state index in [-0.39, 0.29) is 0 Å². The molecule has 4 nitrogen and oxygen atoms in total. The van der Waals surface area contributed by atoms with Crippen LogP contribution in [0.3, 0.4) is 0 Å². The number of hydrogen-bond acceptors (Lipinski definition) is 3. The van der Waals surface area contributed by atoms with Crippen molar-refractivity contribution in [2.45, 2.75) is 13.5 Å². The molecule has 1 heterocycles. The van der Waals surface area contributed by atoms with Gasteiger partial charge in [0.1, 0.15) is 5.82 Å². The molecule has 0 unspecified atom stereocenters. The molecule has 1 aromatic carbocycles. The molecule has 0 radical (unpaired) electrons. The molecular weight excluding hydrogens is 224 g/mol. The van der Waals surface area contributed by atoms with Crippen molar-refractivity contribution < 1.29 is 0 Å². The summed E-state index contributed by atoms with van der Waals surface area (Å²) in [4.78, 5) is 0. The molecule has 2 rings (SSSR count). The largest absolute Gasteiger partial charge is 0.329 e. The lowest BCUT2D eigenvalue weighted by Gasteiger charge is -2.06. The van der Waals surface area contributed by atoms with Crippen molar-refractivity contribution in [2.24, 2.45) is 5.73 Å². The standard InChI is InChI=1S/C11H13ClN4/c1-8-14-15-11(16(8)7-6-13)9-2-4-10(12)5-3-9/h2-5H,6-7,13H2,1H3. The molecule has 0 fully saturated rings. The first-order valence-corrected chi connectivity index (χ1v) is 5.46. The van der Waals surface area contributed by atoms with Gasteiger partial charge in [-0.25, -0.2) is 0 Å². The van der Waals surface area contributed by atoms with Crippen LogP contribution >= 0.6 is 11.6 Å². The molecule has 0 spiro atoms. The zero-order valence-electron chi connectivity index (χ0n) is 9.02. The predicted molar refractivity (Wildman–Crippen MR) is 64.3 cm³/mol. The van der Waals surface area contributed by atoms with Gasteiger partial charge in [0.2, 0.25) is 0 Å². The van der Waals surface area contributed by atoms with Crippen LogP contribution in [0.5, 0.6) is 0 Å². The van der Waals surface area contributed by atoms with Crippen LogP contribution in [0.15, 0.2) is 24.3 Å². The minimum absolute atomic E-state index is 0.569. The quantitative estimate of drug-likeness (QED) is 0.885. The summed E-state index contributed by atoms with van der Waals surface area (Å²) in [6.07, 6.45) is 0. The third-order valence-electron chi connectivity index (χ3n) is 2.39. The molecule has 0 amide bonds. The molecule has 0 atom stereocenters. The zero-order chi connectivity index (χ0) is 11.5. The van der Waals surface area contributed by atoms with Crippen LogP contribution < -0.4 is 5.73 Å². The maximum absolute atomic E-state index is 5.84. The molecule has 1 aromatic heterocycles. The highest BCUT2D eigenvalue weighted by Crippen LogP contribution is 2.20. The van der Waals surface area contributed by atoms with Crippen molar-refractivity contribution in [2.75, 3.05) is 6.54 Å². The molecule has 5 heteroatoms. The highest BCUT2D eigenvalue weighted by atomic mass is 35.5. The summed E-state index contributed by atoms with van der Waals surface area (Å²) in [5.41, 5.74) is 6.56. The van der Waals surface area contributed by atoms with Crippen molar-refractivity contribution in [1.82, 2.24) is 14.8 Å². The van der Waals surface area contributed by atoms with E-state index in [0.29, 0.717) is 11.6 Å². The molecule has 2 aromatic rings. The van der Waals surface area contributed by atoms with Crippen LogP contribution in [-0.4, -0.2) is 21.3 Å². The van der Waals surface area contributed by atoms with Crippen molar-refractivity contribution in [3.63, 3.8) is 0 Å². The van der Waals surface area contributed by atoms with Gasteiger partial charge in [0.15, 0.2) is 5.82 Å². The van der Waals surface area contributed by atoms with E-state index >= 15 is 0 Å². The monoisotopic (exact) mass is 236 g/mol. The third-order valence-corrected chi connectivity index (χ3v) is 2.64. The zero-order valence-corrected chi connectivity index (χ0v) is 9.78. The Bertz CT molecular complexity index is 475. The van der Waals surface area contributed by atoms with E-state index in [9.17, 15) is 0 Å². The smallest absolute Gasteiger partial charge is 0.163 e. The molecule has 0 saturated heterocycles. The molecule has 0 bridgehead atoms. The lowest BCUT2D eigenvalue weighted by molar-refractivity contribution is 0.690. The first kappa shape index (κ1) is 11.1. The lowest BCUT2D eigenvalue weighted by atomic mass is 10.2. The van der Waals surface area contributed by atoms with Crippen molar-refractivity contribution in [3.8, 4) is 11.4 Å². The third kappa shape index (κ3) is 2.08.